The summed E-state index contributed by atoms with van der Waals surface area (Å²) in [7, 11) is -3.41. The second kappa shape index (κ2) is 9.85. The van der Waals surface area contributed by atoms with E-state index in [-0.39, 0.29) is 11.9 Å². The van der Waals surface area contributed by atoms with Gasteiger partial charge in [-0.2, -0.15) is 4.31 Å². The minimum absolute atomic E-state index is 0.0144. The van der Waals surface area contributed by atoms with Crippen LogP contribution in [0.5, 0.6) is 0 Å². The maximum atomic E-state index is 12.7. The lowest BCUT2D eigenvalue weighted by atomic mass is 10.0. The van der Waals surface area contributed by atoms with E-state index in [1.807, 2.05) is 0 Å². The number of carbonyl (C=O) groups excluding carboxylic acids is 1. The molecule has 28 heavy (non-hydrogen) atoms. The molecule has 6 nitrogen and oxygen atoms in total. The number of likely N-dealkylation sites (tertiary alicyclic amines) is 1. The molecule has 1 aromatic carbocycles. The van der Waals surface area contributed by atoms with Gasteiger partial charge in [-0.05, 0) is 56.3 Å². The summed E-state index contributed by atoms with van der Waals surface area (Å²) < 4.78 is 27.0. The molecule has 3 rings (SSSR count). The van der Waals surface area contributed by atoms with Gasteiger partial charge in [-0.25, -0.2) is 8.42 Å². The van der Waals surface area contributed by atoms with Crippen LogP contribution in [0.1, 0.15) is 51.0 Å². The average Bonchev–Trinajstić information content (AvgIpc) is 2.71. The molecule has 7 heteroatoms. The van der Waals surface area contributed by atoms with Crippen molar-refractivity contribution in [2.75, 3.05) is 32.7 Å². The van der Waals surface area contributed by atoms with Gasteiger partial charge in [-0.3, -0.25) is 4.79 Å². The summed E-state index contributed by atoms with van der Waals surface area (Å²) >= 11 is 0. The van der Waals surface area contributed by atoms with Crippen LogP contribution in [0.2, 0.25) is 0 Å². The molecule has 0 radical (unpaired) electrons. The number of hydrogen-bond acceptors (Lipinski definition) is 4. The van der Waals surface area contributed by atoms with Gasteiger partial charge in [0.05, 0.1) is 11.3 Å². The standard InChI is InChI=1S/C21H33N3O3S/c1-2-12-23-15-10-19(11-16-23)22-21(25)17-18-6-8-20(9-7-18)28(26,27)24-13-4-3-5-14-24/h6-9,19H,2-5,10-17H2,1H3,(H,22,25). The summed E-state index contributed by atoms with van der Waals surface area (Å²) in [6, 6.07) is 7.05. The minimum atomic E-state index is -3.41. The molecule has 0 aromatic heterocycles. The van der Waals surface area contributed by atoms with Gasteiger partial charge in [0.15, 0.2) is 0 Å². The Morgan fingerprint density at radius 3 is 2.29 bits per heavy atom. The van der Waals surface area contributed by atoms with Gasteiger partial charge in [-0.15, -0.1) is 0 Å². The number of hydrogen-bond donors (Lipinski definition) is 1. The van der Waals surface area contributed by atoms with E-state index in [9.17, 15) is 13.2 Å². The lowest BCUT2D eigenvalue weighted by Crippen LogP contribution is -2.45. The fourth-order valence-electron chi connectivity index (χ4n) is 4.11. The Hall–Kier alpha value is -1.44. The van der Waals surface area contributed by atoms with E-state index >= 15 is 0 Å². The first-order valence-electron chi connectivity index (χ1n) is 10.6. The molecule has 1 amide bonds. The van der Waals surface area contributed by atoms with Crippen LogP contribution < -0.4 is 5.32 Å². The highest BCUT2D eigenvalue weighted by atomic mass is 32.2. The van der Waals surface area contributed by atoms with Gasteiger partial charge in [0.2, 0.25) is 15.9 Å². The molecule has 1 aromatic rings. The summed E-state index contributed by atoms with van der Waals surface area (Å²) in [4.78, 5) is 15.1. The van der Waals surface area contributed by atoms with Crippen LogP contribution in [-0.2, 0) is 21.2 Å². The van der Waals surface area contributed by atoms with Crippen molar-refractivity contribution in [1.82, 2.24) is 14.5 Å². The molecule has 0 unspecified atom stereocenters. The Morgan fingerprint density at radius 2 is 1.68 bits per heavy atom. The van der Waals surface area contributed by atoms with Crippen LogP contribution in [-0.4, -0.2) is 62.3 Å². The van der Waals surface area contributed by atoms with Crippen molar-refractivity contribution >= 4 is 15.9 Å². The molecule has 156 valence electrons. The van der Waals surface area contributed by atoms with Crippen molar-refractivity contribution < 1.29 is 13.2 Å². The van der Waals surface area contributed by atoms with Gasteiger partial charge in [-0.1, -0.05) is 25.5 Å². The third-order valence-electron chi connectivity index (χ3n) is 5.73. The number of nitrogens with zero attached hydrogens (tertiary/aromatic N) is 2. The zero-order valence-corrected chi connectivity index (χ0v) is 17.7. The quantitative estimate of drug-likeness (QED) is 0.754. The molecule has 0 bridgehead atoms. The Balaban J connectivity index is 1.50. The predicted molar refractivity (Wildman–Crippen MR) is 111 cm³/mol. The number of benzene rings is 1. The van der Waals surface area contributed by atoms with E-state index in [2.05, 4.69) is 17.1 Å². The number of rotatable bonds is 7. The number of nitrogens with one attached hydrogen (secondary N) is 1. The summed E-state index contributed by atoms with van der Waals surface area (Å²) in [5.74, 6) is 0.0144. The van der Waals surface area contributed by atoms with E-state index in [0.29, 0.717) is 24.4 Å². The van der Waals surface area contributed by atoms with Crippen LogP contribution in [0.3, 0.4) is 0 Å². The Kier molecular flexibility index (Phi) is 7.48. The van der Waals surface area contributed by atoms with E-state index in [4.69, 9.17) is 0 Å². The third kappa shape index (κ3) is 5.55. The fourth-order valence-corrected chi connectivity index (χ4v) is 5.63. The second-order valence-corrected chi connectivity index (χ2v) is 9.91. The molecular formula is C21H33N3O3S. The zero-order chi connectivity index (χ0) is 20.0. The SMILES string of the molecule is CCCN1CCC(NC(=O)Cc2ccc(S(=O)(=O)N3CCCCC3)cc2)CC1. The van der Waals surface area contributed by atoms with E-state index < -0.39 is 10.0 Å². The van der Waals surface area contributed by atoms with Crippen molar-refractivity contribution in [1.29, 1.82) is 0 Å². The Morgan fingerprint density at radius 1 is 1.04 bits per heavy atom. The smallest absolute Gasteiger partial charge is 0.243 e. The number of carbonyl (C=O) groups is 1. The molecule has 2 aliphatic rings. The van der Waals surface area contributed by atoms with E-state index in [1.165, 1.54) is 6.42 Å². The third-order valence-corrected chi connectivity index (χ3v) is 7.65. The monoisotopic (exact) mass is 407 g/mol. The molecule has 0 spiro atoms. The molecule has 2 saturated heterocycles. The van der Waals surface area contributed by atoms with Crippen LogP contribution >= 0.6 is 0 Å². The highest BCUT2D eigenvalue weighted by Gasteiger charge is 2.26. The molecule has 0 atom stereocenters. The molecule has 2 aliphatic heterocycles. The van der Waals surface area contributed by atoms with Crippen molar-refractivity contribution in [2.24, 2.45) is 0 Å². The summed E-state index contributed by atoms with van der Waals surface area (Å²) in [6.45, 7) is 6.61. The molecule has 0 saturated carbocycles. The van der Waals surface area contributed by atoms with Crippen LogP contribution in [0.4, 0.5) is 0 Å². The minimum Gasteiger partial charge on any atom is -0.353 e. The molecular weight excluding hydrogens is 374 g/mol. The Labute approximate surface area is 169 Å². The highest BCUT2D eigenvalue weighted by Crippen LogP contribution is 2.21. The fraction of sp³-hybridized carbons (Fsp3) is 0.667. The molecule has 2 heterocycles. The molecule has 2 fully saturated rings. The van der Waals surface area contributed by atoms with Crippen LogP contribution in [0.25, 0.3) is 0 Å². The van der Waals surface area contributed by atoms with Crippen molar-refractivity contribution in [3.8, 4) is 0 Å². The normalized spacial score (nSPS) is 20.2. The number of sulfonamides is 1. The predicted octanol–water partition coefficient (Wildman–Crippen LogP) is 2.39. The lowest BCUT2D eigenvalue weighted by Gasteiger charge is -2.32. The summed E-state index contributed by atoms with van der Waals surface area (Å²) in [5.41, 5.74) is 0.846. The topological polar surface area (TPSA) is 69.7 Å². The van der Waals surface area contributed by atoms with Gasteiger partial charge in [0.25, 0.3) is 0 Å². The van der Waals surface area contributed by atoms with Gasteiger partial charge < -0.3 is 10.2 Å². The van der Waals surface area contributed by atoms with Gasteiger partial charge >= 0.3 is 0 Å². The van der Waals surface area contributed by atoms with Crippen LogP contribution in [0, 0.1) is 0 Å². The van der Waals surface area contributed by atoms with E-state index in [1.54, 1.807) is 28.6 Å². The van der Waals surface area contributed by atoms with Gasteiger partial charge in [0, 0.05) is 32.2 Å². The first kappa shape index (κ1) is 21.3. The molecule has 1 N–H and O–H groups in total. The Bertz CT molecular complexity index is 735. The first-order chi connectivity index (χ1) is 13.5. The van der Waals surface area contributed by atoms with Crippen molar-refractivity contribution in [2.45, 2.75) is 62.8 Å². The second-order valence-electron chi connectivity index (χ2n) is 7.97. The highest BCUT2D eigenvalue weighted by molar-refractivity contribution is 7.89. The summed E-state index contributed by atoms with van der Waals surface area (Å²) in [5, 5.41) is 3.13. The van der Waals surface area contributed by atoms with Crippen molar-refractivity contribution in [3.63, 3.8) is 0 Å². The lowest BCUT2D eigenvalue weighted by molar-refractivity contribution is -0.121. The first-order valence-corrected chi connectivity index (χ1v) is 12.0. The summed E-state index contributed by atoms with van der Waals surface area (Å²) in [6.07, 6.45) is 6.40. The molecule has 0 aliphatic carbocycles. The van der Waals surface area contributed by atoms with Gasteiger partial charge in [0.1, 0.15) is 0 Å². The van der Waals surface area contributed by atoms with Crippen molar-refractivity contribution in [3.05, 3.63) is 29.8 Å². The maximum Gasteiger partial charge on any atom is 0.243 e. The number of amides is 1. The zero-order valence-electron chi connectivity index (χ0n) is 16.9. The average molecular weight is 408 g/mol. The number of piperidine rings is 2. The largest absolute Gasteiger partial charge is 0.353 e. The van der Waals surface area contributed by atoms with Crippen LogP contribution in [0.15, 0.2) is 29.2 Å². The van der Waals surface area contributed by atoms with E-state index in [0.717, 1.165) is 57.3 Å². The maximum absolute atomic E-state index is 12.7.